The van der Waals surface area contributed by atoms with Gasteiger partial charge in [0.25, 0.3) is 0 Å². The number of rotatable bonds is 2. The molecular weight excluding hydrogens is 238 g/mol. The average Bonchev–Trinajstić information content (AvgIpc) is 2.26. The third-order valence-corrected chi connectivity index (χ3v) is 3.09. The van der Waals surface area contributed by atoms with Crippen molar-refractivity contribution in [2.75, 3.05) is 6.54 Å². The number of halogens is 2. The summed E-state index contributed by atoms with van der Waals surface area (Å²) in [6.07, 6.45) is 0.680. The standard InChI is InChI=1S/C13H16F2N2O/c1-8(16)4-13(18)17-3-2-11-9(7-17)5-10(14)6-12(11)15/h5-6,8H,2-4,7,16H2,1H3. The molecule has 18 heavy (non-hydrogen) atoms. The van der Waals surface area contributed by atoms with Crippen molar-refractivity contribution < 1.29 is 13.6 Å². The monoisotopic (exact) mass is 254 g/mol. The van der Waals surface area contributed by atoms with Gasteiger partial charge in [-0.3, -0.25) is 4.79 Å². The van der Waals surface area contributed by atoms with Gasteiger partial charge < -0.3 is 10.6 Å². The lowest BCUT2D eigenvalue weighted by Gasteiger charge is -2.29. The molecule has 3 nitrogen and oxygen atoms in total. The number of nitrogens with zero attached hydrogens (tertiary/aromatic N) is 1. The first-order chi connectivity index (χ1) is 8.47. The Kier molecular flexibility index (Phi) is 3.61. The summed E-state index contributed by atoms with van der Waals surface area (Å²) in [6, 6.07) is 1.98. The molecule has 5 heteroatoms. The van der Waals surface area contributed by atoms with Crippen LogP contribution in [-0.2, 0) is 17.8 Å². The van der Waals surface area contributed by atoms with Crippen LogP contribution in [0.2, 0.25) is 0 Å². The minimum atomic E-state index is -0.604. The second kappa shape index (κ2) is 5.02. The Bertz CT molecular complexity index is 474. The van der Waals surface area contributed by atoms with E-state index in [9.17, 15) is 13.6 Å². The van der Waals surface area contributed by atoms with Gasteiger partial charge in [0.15, 0.2) is 0 Å². The summed E-state index contributed by atoms with van der Waals surface area (Å²) in [4.78, 5) is 13.4. The number of nitrogens with two attached hydrogens (primary N) is 1. The van der Waals surface area contributed by atoms with Crippen molar-refractivity contribution in [2.45, 2.75) is 32.4 Å². The predicted molar refractivity (Wildman–Crippen MR) is 63.7 cm³/mol. The summed E-state index contributed by atoms with van der Waals surface area (Å²) in [5.74, 6) is -1.20. The highest BCUT2D eigenvalue weighted by Gasteiger charge is 2.23. The van der Waals surface area contributed by atoms with Crippen LogP contribution in [0, 0.1) is 11.6 Å². The van der Waals surface area contributed by atoms with Gasteiger partial charge in [-0.1, -0.05) is 0 Å². The Balaban J connectivity index is 2.17. The molecule has 1 heterocycles. The highest BCUT2D eigenvalue weighted by atomic mass is 19.1. The van der Waals surface area contributed by atoms with Gasteiger partial charge in [-0.2, -0.15) is 0 Å². The van der Waals surface area contributed by atoms with E-state index < -0.39 is 11.6 Å². The van der Waals surface area contributed by atoms with Gasteiger partial charge in [-0.25, -0.2) is 8.78 Å². The van der Waals surface area contributed by atoms with Gasteiger partial charge in [0.1, 0.15) is 11.6 Å². The highest BCUT2D eigenvalue weighted by Crippen LogP contribution is 2.23. The number of fused-ring (bicyclic) bond motifs is 1. The van der Waals surface area contributed by atoms with E-state index in [1.165, 1.54) is 6.07 Å². The molecule has 0 radical (unpaired) electrons. The van der Waals surface area contributed by atoms with Crippen molar-refractivity contribution in [3.8, 4) is 0 Å². The molecule has 1 atom stereocenters. The maximum absolute atomic E-state index is 13.5. The molecule has 1 unspecified atom stereocenters. The molecule has 0 bridgehead atoms. The summed E-state index contributed by atoms with van der Waals surface area (Å²) in [6.45, 7) is 2.48. The van der Waals surface area contributed by atoms with E-state index >= 15 is 0 Å². The molecule has 0 saturated heterocycles. The van der Waals surface area contributed by atoms with Crippen molar-refractivity contribution in [2.24, 2.45) is 5.73 Å². The molecule has 2 N–H and O–H groups in total. The highest BCUT2D eigenvalue weighted by molar-refractivity contribution is 5.77. The first-order valence-corrected chi connectivity index (χ1v) is 5.97. The maximum atomic E-state index is 13.5. The van der Waals surface area contributed by atoms with Crippen LogP contribution in [0.25, 0.3) is 0 Å². The molecule has 0 aromatic heterocycles. The summed E-state index contributed by atoms with van der Waals surface area (Å²) in [5.41, 5.74) is 6.64. The molecule has 1 aliphatic heterocycles. The van der Waals surface area contributed by atoms with Gasteiger partial charge in [0, 0.05) is 31.6 Å². The molecule has 2 rings (SSSR count). The zero-order chi connectivity index (χ0) is 13.3. The molecule has 0 aliphatic carbocycles. The maximum Gasteiger partial charge on any atom is 0.224 e. The Morgan fingerprint density at radius 2 is 2.22 bits per heavy atom. The van der Waals surface area contributed by atoms with E-state index in [2.05, 4.69) is 0 Å². The smallest absolute Gasteiger partial charge is 0.224 e. The topological polar surface area (TPSA) is 46.3 Å². The number of benzene rings is 1. The molecule has 1 aliphatic rings. The summed E-state index contributed by atoms with van der Waals surface area (Å²) in [5, 5.41) is 0. The van der Waals surface area contributed by atoms with Crippen LogP contribution in [0.4, 0.5) is 8.78 Å². The summed E-state index contributed by atoms with van der Waals surface area (Å²) >= 11 is 0. The fourth-order valence-electron chi connectivity index (χ4n) is 2.23. The van der Waals surface area contributed by atoms with Gasteiger partial charge in [-0.05, 0) is 30.5 Å². The molecule has 1 amide bonds. The lowest BCUT2D eigenvalue weighted by atomic mass is 9.98. The molecular formula is C13H16F2N2O. The third kappa shape index (κ3) is 2.67. The van der Waals surface area contributed by atoms with Crippen LogP contribution in [-0.4, -0.2) is 23.4 Å². The van der Waals surface area contributed by atoms with E-state index in [1.807, 2.05) is 0 Å². The summed E-state index contributed by atoms with van der Waals surface area (Å²) in [7, 11) is 0. The van der Waals surface area contributed by atoms with Crippen molar-refractivity contribution in [1.29, 1.82) is 0 Å². The van der Waals surface area contributed by atoms with Gasteiger partial charge >= 0.3 is 0 Å². The van der Waals surface area contributed by atoms with Crippen LogP contribution in [0.5, 0.6) is 0 Å². The predicted octanol–water partition coefficient (Wildman–Crippen LogP) is 1.59. The number of amides is 1. The molecule has 1 aromatic rings. The third-order valence-electron chi connectivity index (χ3n) is 3.09. The SMILES string of the molecule is CC(N)CC(=O)N1CCc2c(F)cc(F)cc2C1. The fraction of sp³-hybridized carbons (Fsp3) is 0.462. The first-order valence-electron chi connectivity index (χ1n) is 5.97. The van der Waals surface area contributed by atoms with Crippen LogP contribution in [0.15, 0.2) is 12.1 Å². The Morgan fingerprint density at radius 1 is 1.50 bits per heavy atom. The van der Waals surface area contributed by atoms with Crippen molar-refractivity contribution in [3.63, 3.8) is 0 Å². The minimum Gasteiger partial charge on any atom is -0.338 e. The normalized spacial score (nSPS) is 16.3. The fourth-order valence-corrected chi connectivity index (χ4v) is 2.23. The van der Waals surface area contributed by atoms with E-state index in [0.29, 0.717) is 24.1 Å². The summed E-state index contributed by atoms with van der Waals surface area (Å²) < 4.78 is 26.6. The van der Waals surface area contributed by atoms with Crippen LogP contribution >= 0.6 is 0 Å². The van der Waals surface area contributed by atoms with Gasteiger partial charge in [0.05, 0.1) is 0 Å². The zero-order valence-electron chi connectivity index (χ0n) is 10.2. The number of carbonyl (C=O) groups is 1. The van der Waals surface area contributed by atoms with E-state index in [-0.39, 0.29) is 24.9 Å². The van der Waals surface area contributed by atoms with E-state index in [1.54, 1.807) is 11.8 Å². The second-order valence-electron chi connectivity index (χ2n) is 4.77. The van der Waals surface area contributed by atoms with Crippen molar-refractivity contribution in [3.05, 3.63) is 34.9 Å². The van der Waals surface area contributed by atoms with E-state index in [4.69, 9.17) is 5.73 Å². The molecule has 98 valence electrons. The lowest BCUT2D eigenvalue weighted by molar-refractivity contribution is -0.132. The quantitative estimate of drug-likeness (QED) is 0.871. The van der Waals surface area contributed by atoms with Crippen molar-refractivity contribution >= 4 is 5.91 Å². The molecule has 0 spiro atoms. The number of hydrogen-bond donors (Lipinski definition) is 1. The van der Waals surface area contributed by atoms with Gasteiger partial charge in [0.2, 0.25) is 5.91 Å². The van der Waals surface area contributed by atoms with E-state index in [0.717, 1.165) is 6.07 Å². The van der Waals surface area contributed by atoms with Crippen LogP contribution < -0.4 is 5.73 Å². The average molecular weight is 254 g/mol. The second-order valence-corrected chi connectivity index (χ2v) is 4.77. The zero-order valence-corrected chi connectivity index (χ0v) is 10.2. The molecule has 0 saturated carbocycles. The van der Waals surface area contributed by atoms with Crippen LogP contribution in [0.3, 0.4) is 0 Å². The minimum absolute atomic E-state index is 0.0691. The lowest BCUT2D eigenvalue weighted by Crippen LogP contribution is -2.38. The Hall–Kier alpha value is -1.49. The number of carbonyl (C=O) groups excluding carboxylic acids is 1. The molecule has 0 fully saturated rings. The van der Waals surface area contributed by atoms with Crippen LogP contribution in [0.1, 0.15) is 24.5 Å². The Labute approximate surface area is 105 Å². The molecule has 1 aromatic carbocycles. The first kappa shape index (κ1) is 13.0. The van der Waals surface area contributed by atoms with Crippen molar-refractivity contribution in [1.82, 2.24) is 4.90 Å². The largest absolute Gasteiger partial charge is 0.338 e. The number of hydrogen-bond acceptors (Lipinski definition) is 2. The van der Waals surface area contributed by atoms with Gasteiger partial charge in [-0.15, -0.1) is 0 Å². The Morgan fingerprint density at radius 3 is 2.89 bits per heavy atom.